The van der Waals surface area contributed by atoms with Gasteiger partial charge in [-0.2, -0.15) is 0 Å². The van der Waals surface area contributed by atoms with Gasteiger partial charge in [-0.1, -0.05) is 34.1 Å². The van der Waals surface area contributed by atoms with Crippen molar-refractivity contribution in [1.82, 2.24) is 5.32 Å². The monoisotopic (exact) mass is 405 g/mol. The minimum Gasteiger partial charge on any atom is -0.480 e. The van der Waals surface area contributed by atoms with Gasteiger partial charge in [0.15, 0.2) is 0 Å². The highest BCUT2D eigenvalue weighted by Crippen LogP contribution is 2.14. The summed E-state index contributed by atoms with van der Waals surface area (Å²) < 4.78 is 5.44. The summed E-state index contributed by atoms with van der Waals surface area (Å²) in [7, 11) is 1.24. The molecule has 0 aliphatic rings. The number of ether oxygens (including phenoxy) is 1. The highest BCUT2D eigenvalue weighted by atomic mass is 79.9. The number of hydrogen-bond donors (Lipinski definition) is 2. The zero-order valence-electron chi connectivity index (χ0n) is 13.4. The van der Waals surface area contributed by atoms with Crippen molar-refractivity contribution >= 4 is 33.8 Å². The molecule has 6 nitrogen and oxygen atoms in total. The van der Waals surface area contributed by atoms with E-state index in [1.807, 2.05) is 6.07 Å². The number of esters is 1. The van der Waals surface area contributed by atoms with E-state index in [4.69, 9.17) is 0 Å². The Morgan fingerprint density at radius 3 is 2.44 bits per heavy atom. The Hall–Kier alpha value is -2.67. The van der Waals surface area contributed by atoms with Crippen LogP contribution < -0.4 is 5.32 Å². The number of carbonyl (C=O) groups is 3. The Morgan fingerprint density at radius 2 is 1.80 bits per heavy atom. The number of hydrogen-bond acceptors (Lipinski definition) is 4. The first kappa shape index (κ1) is 18.7. The summed E-state index contributed by atoms with van der Waals surface area (Å²) in [6, 6.07) is 12.0. The van der Waals surface area contributed by atoms with Crippen LogP contribution in [0, 0.1) is 0 Å². The summed E-state index contributed by atoms with van der Waals surface area (Å²) in [5.74, 6) is -2.29. The van der Waals surface area contributed by atoms with Crippen molar-refractivity contribution in [3.63, 3.8) is 0 Å². The number of rotatable bonds is 6. The fourth-order valence-electron chi connectivity index (χ4n) is 2.25. The average Bonchev–Trinajstić information content (AvgIpc) is 2.60. The van der Waals surface area contributed by atoms with Gasteiger partial charge in [0.05, 0.1) is 12.7 Å². The van der Waals surface area contributed by atoms with E-state index >= 15 is 0 Å². The third-order valence-electron chi connectivity index (χ3n) is 3.48. The molecule has 0 heterocycles. The molecule has 2 aromatic rings. The Bertz CT molecular complexity index is 806. The Labute approximate surface area is 152 Å². The average molecular weight is 406 g/mol. The van der Waals surface area contributed by atoms with Gasteiger partial charge in [-0.3, -0.25) is 4.79 Å². The third-order valence-corrected chi connectivity index (χ3v) is 3.97. The predicted octanol–water partition coefficient (Wildman–Crippen LogP) is 2.66. The van der Waals surface area contributed by atoms with Gasteiger partial charge in [0.2, 0.25) is 0 Å². The molecule has 0 spiro atoms. The van der Waals surface area contributed by atoms with Crippen molar-refractivity contribution in [2.75, 3.05) is 7.11 Å². The van der Waals surface area contributed by atoms with Crippen molar-refractivity contribution in [3.8, 4) is 0 Å². The van der Waals surface area contributed by atoms with E-state index in [0.29, 0.717) is 0 Å². The highest BCUT2D eigenvalue weighted by Gasteiger charge is 2.21. The van der Waals surface area contributed by atoms with Gasteiger partial charge in [0.1, 0.15) is 6.04 Å². The van der Waals surface area contributed by atoms with Crippen LogP contribution in [0.1, 0.15) is 26.3 Å². The lowest BCUT2D eigenvalue weighted by molar-refractivity contribution is -0.139. The van der Waals surface area contributed by atoms with Crippen LogP contribution in [0.25, 0.3) is 0 Å². The lowest BCUT2D eigenvalue weighted by Crippen LogP contribution is -2.42. The summed E-state index contributed by atoms with van der Waals surface area (Å²) >= 11 is 3.33. The van der Waals surface area contributed by atoms with Gasteiger partial charge < -0.3 is 15.2 Å². The molecule has 25 heavy (non-hydrogen) atoms. The molecule has 1 amide bonds. The Morgan fingerprint density at radius 1 is 1.12 bits per heavy atom. The molecule has 0 bridgehead atoms. The van der Waals surface area contributed by atoms with E-state index in [1.165, 1.54) is 31.4 Å². The summed E-state index contributed by atoms with van der Waals surface area (Å²) in [5.41, 5.74) is 1.17. The van der Waals surface area contributed by atoms with E-state index in [-0.39, 0.29) is 17.5 Å². The summed E-state index contributed by atoms with van der Waals surface area (Å²) in [6.07, 6.45) is 0.136. The van der Waals surface area contributed by atoms with Crippen LogP contribution in [0.3, 0.4) is 0 Å². The smallest absolute Gasteiger partial charge is 0.337 e. The zero-order valence-corrected chi connectivity index (χ0v) is 14.9. The van der Waals surface area contributed by atoms with E-state index in [1.54, 1.807) is 18.2 Å². The van der Waals surface area contributed by atoms with Gasteiger partial charge in [0.25, 0.3) is 5.91 Å². The second kappa shape index (κ2) is 8.43. The van der Waals surface area contributed by atoms with E-state index < -0.39 is 23.9 Å². The maximum Gasteiger partial charge on any atom is 0.337 e. The molecule has 0 aromatic heterocycles. The van der Waals surface area contributed by atoms with Crippen molar-refractivity contribution < 1.29 is 24.2 Å². The molecule has 130 valence electrons. The number of carboxylic acid groups (broad SMARTS) is 1. The molecule has 7 heteroatoms. The number of amides is 1. The molecule has 0 aliphatic heterocycles. The fraction of sp³-hybridized carbons (Fsp3) is 0.167. The normalized spacial score (nSPS) is 11.4. The minimum atomic E-state index is -1.14. The van der Waals surface area contributed by atoms with E-state index in [2.05, 4.69) is 26.0 Å². The molecular formula is C18H16BrNO5. The number of carbonyl (C=O) groups excluding carboxylic acids is 2. The van der Waals surface area contributed by atoms with E-state index in [9.17, 15) is 19.5 Å². The molecule has 0 fully saturated rings. The first-order valence-electron chi connectivity index (χ1n) is 7.37. The van der Waals surface area contributed by atoms with Crippen LogP contribution in [-0.4, -0.2) is 36.1 Å². The fourth-order valence-corrected chi connectivity index (χ4v) is 2.69. The quantitative estimate of drug-likeness (QED) is 0.720. The van der Waals surface area contributed by atoms with Gasteiger partial charge in [-0.25, -0.2) is 9.59 Å². The van der Waals surface area contributed by atoms with E-state index in [0.717, 1.165) is 10.0 Å². The molecule has 0 unspecified atom stereocenters. The van der Waals surface area contributed by atoms with Crippen LogP contribution in [-0.2, 0) is 16.0 Å². The molecule has 2 N–H and O–H groups in total. The summed E-state index contributed by atoms with van der Waals surface area (Å²) in [6.45, 7) is 0. The van der Waals surface area contributed by atoms with Crippen LogP contribution in [0.4, 0.5) is 0 Å². The lowest BCUT2D eigenvalue weighted by Gasteiger charge is -2.15. The van der Waals surface area contributed by atoms with Crippen LogP contribution in [0.5, 0.6) is 0 Å². The summed E-state index contributed by atoms with van der Waals surface area (Å²) in [5, 5.41) is 11.9. The molecule has 1 atom stereocenters. The molecule has 2 aromatic carbocycles. The molecule has 0 aliphatic carbocycles. The second-order valence-corrected chi connectivity index (χ2v) is 6.19. The Kier molecular flexibility index (Phi) is 6.30. The Balaban J connectivity index is 2.15. The standard InChI is InChI=1S/C18H16BrNO5/c1-25-18(24)13-6-3-5-12(10-13)16(21)20-15(17(22)23)9-11-4-2-7-14(19)8-11/h2-8,10,15H,9H2,1H3,(H,20,21)(H,22,23)/t15-/m1/s1. The number of carboxylic acids is 1. The molecule has 0 radical (unpaired) electrons. The number of halogens is 1. The van der Waals surface area contributed by atoms with Crippen molar-refractivity contribution in [2.24, 2.45) is 0 Å². The van der Waals surface area contributed by atoms with Gasteiger partial charge in [-0.05, 0) is 35.9 Å². The number of methoxy groups -OCH3 is 1. The predicted molar refractivity (Wildman–Crippen MR) is 94.5 cm³/mol. The first-order chi connectivity index (χ1) is 11.9. The molecule has 0 saturated carbocycles. The molecule has 0 saturated heterocycles. The van der Waals surface area contributed by atoms with Crippen molar-refractivity contribution in [3.05, 3.63) is 69.7 Å². The summed E-state index contributed by atoms with van der Waals surface area (Å²) in [4.78, 5) is 35.4. The van der Waals surface area contributed by atoms with Gasteiger partial charge >= 0.3 is 11.9 Å². The number of aliphatic carboxylic acids is 1. The lowest BCUT2D eigenvalue weighted by atomic mass is 10.0. The number of nitrogens with one attached hydrogen (secondary N) is 1. The van der Waals surface area contributed by atoms with Crippen molar-refractivity contribution in [2.45, 2.75) is 12.5 Å². The zero-order chi connectivity index (χ0) is 18.4. The van der Waals surface area contributed by atoms with Crippen LogP contribution >= 0.6 is 15.9 Å². The van der Waals surface area contributed by atoms with Crippen molar-refractivity contribution in [1.29, 1.82) is 0 Å². The van der Waals surface area contributed by atoms with Gasteiger partial charge in [-0.15, -0.1) is 0 Å². The van der Waals surface area contributed by atoms with Gasteiger partial charge in [0, 0.05) is 16.5 Å². The SMILES string of the molecule is COC(=O)c1cccc(C(=O)N[C@H](Cc2cccc(Br)c2)C(=O)O)c1. The maximum atomic E-state index is 12.3. The minimum absolute atomic E-state index is 0.136. The largest absolute Gasteiger partial charge is 0.480 e. The third kappa shape index (κ3) is 5.15. The van der Waals surface area contributed by atoms with Crippen LogP contribution in [0.15, 0.2) is 53.0 Å². The topological polar surface area (TPSA) is 92.7 Å². The number of benzene rings is 2. The second-order valence-electron chi connectivity index (χ2n) is 5.27. The maximum absolute atomic E-state index is 12.3. The van der Waals surface area contributed by atoms with Crippen LogP contribution in [0.2, 0.25) is 0 Å². The highest BCUT2D eigenvalue weighted by molar-refractivity contribution is 9.10. The molecule has 2 rings (SSSR count). The molecular weight excluding hydrogens is 390 g/mol. The first-order valence-corrected chi connectivity index (χ1v) is 8.16.